The number of aryl methyl sites for hydroxylation is 2. The van der Waals surface area contributed by atoms with Crippen LogP contribution in [0, 0.1) is 13.8 Å². The van der Waals surface area contributed by atoms with Gasteiger partial charge in [-0.15, -0.1) is 0 Å². The number of hydrogen-bond acceptors (Lipinski definition) is 2. The third-order valence-corrected chi connectivity index (χ3v) is 2.99. The summed E-state index contributed by atoms with van der Waals surface area (Å²) in [5, 5.41) is 4.41. The Bertz CT molecular complexity index is 512. The highest BCUT2D eigenvalue weighted by atomic mass is 15.3. The Morgan fingerprint density at radius 2 is 2.06 bits per heavy atom. The largest absolute Gasteiger partial charge is 0.399 e. The Hall–Kier alpha value is -1.77. The number of rotatable bonds is 2. The van der Waals surface area contributed by atoms with Crippen LogP contribution in [-0.4, -0.2) is 9.78 Å². The van der Waals surface area contributed by atoms with E-state index in [9.17, 15) is 0 Å². The number of anilines is 1. The minimum absolute atomic E-state index is 0.816. The second-order valence-electron chi connectivity index (χ2n) is 4.19. The van der Waals surface area contributed by atoms with Crippen molar-refractivity contribution >= 4 is 5.69 Å². The van der Waals surface area contributed by atoms with Gasteiger partial charge in [-0.25, -0.2) is 0 Å². The van der Waals surface area contributed by atoms with Crippen LogP contribution in [0.15, 0.2) is 24.3 Å². The summed E-state index contributed by atoms with van der Waals surface area (Å²) >= 11 is 0. The molecule has 0 fully saturated rings. The van der Waals surface area contributed by atoms with Crippen LogP contribution in [0.5, 0.6) is 0 Å². The first-order valence-electron chi connectivity index (χ1n) is 5.41. The number of nitrogens with zero attached hydrogens (tertiary/aromatic N) is 2. The van der Waals surface area contributed by atoms with Gasteiger partial charge in [0.25, 0.3) is 0 Å². The molecule has 1 aromatic carbocycles. The van der Waals surface area contributed by atoms with Crippen molar-refractivity contribution < 1.29 is 0 Å². The molecule has 0 unspecified atom stereocenters. The minimum atomic E-state index is 0.816. The Labute approximate surface area is 95.9 Å². The molecule has 0 atom stereocenters. The molecule has 3 nitrogen and oxygen atoms in total. The van der Waals surface area contributed by atoms with Gasteiger partial charge in [-0.3, -0.25) is 4.68 Å². The zero-order valence-electron chi connectivity index (χ0n) is 9.99. The Kier molecular flexibility index (Phi) is 2.69. The van der Waals surface area contributed by atoms with E-state index in [0.29, 0.717) is 0 Å². The summed E-state index contributed by atoms with van der Waals surface area (Å²) in [7, 11) is 1.98. The fourth-order valence-electron chi connectivity index (χ4n) is 1.98. The summed E-state index contributed by atoms with van der Waals surface area (Å²) in [6.07, 6.45) is 0.899. The Morgan fingerprint density at radius 1 is 1.31 bits per heavy atom. The smallest absolute Gasteiger partial charge is 0.0631 e. The van der Waals surface area contributed by atoms with Crippen molar-refractivity contribution in [2.45, 2.75) is 20.3 Å². The average molecular weight is 215 g/mol. The monoisotopic (exact) mass is 215 g/mol. The van der Waals surface area contributed by atoms with Crippen LogP contribution in [0.1, 0.15) is 22.5 Å². The van der Waals surface area contributed by atoms with Gasteiger partial charge in [0, 0.05) is 30.4 Å². The lowest BCUT2D eigenvalue weighted by molar-refractivity contribution is 0.730. The summed E-state index contributed by atoms with van der Waals surface area (Å²) in [5.74, 6) is 0. The fraction of sp³-hybridized carbons (Fsp3) is 0.308. The van der Waals surface area contributed by atoms with Gasteiger partial charge in [0.2, 0.25) is 0 Å². The van der Waals surface area contributed by atoms with Crippen LogP contribution in [0.2, 0.25) is 0 Å². The van der Waals surface area contributed by atoms with Gasteiger partial charge in [-0.05, 0) is 31.5 Å². The minimum Gasteiger partial charge on any atom is -0.399 e. The van der Waals surface area contributed by atoms with E-state index in [1.807, 2.05) is 29.9 Å². The third-order valence-electron chi connectivity index (χ3n) is 2.99. The number of benzene rings is 1. The molecule has 2 N–H and O–H groups in total. The molecule has 0 aliphatic rings. The lowest BCUT2D eigenvalue weighted by atomic mass is 10.0. The lowest BCUT2D eigenvalue weighted by Crippen LogP contribution is -1.95. The molecule has 0 aliphatic heterocycles. The summed E-state index contributed by atoms with van der Waals surface area (Å²) < 4.78 is 1.93. The molecule has 2 rings (SSSR count). The van der Waals surface area contributed by atoms with Crippen LogP contribution in [0.4, 0.5) is 5.69 Å². The molecule has 16 heavy (non-hydrogen) atoms. The molecule has 0 aliphatic carbocycles. The quantitative estimate of drug-likeness (QED) is 0.780. The van der Waals surface area contributed by atoms with Crippen LogP contribution in [0.3, 0.4) is 0 Å². The first kappa shape index (κ1) is 10.7. The van der Waals surface area contributed by atoms with Gasteiger partial charge in [-0.2, -0.15) is 5.10 Å². The summed E-state index contributed by atoms with van der Waals surface area (Å²) in [4.78, 5) is 0. The van der Waals surface area contributed by atoms with Gasteiger partial charge in [0.15, 0.2) is 0 Å². The SMILES string of the molecule is Cc1nn(C)c(C)c1Cc1cccc(N)c1. The number of nitrogens with two attached hydrogens (primary N) is 1. The van der Waals surface area contributed by atoms with Gasteiger partial charge < -0.3 is 5.73 Å². The lowest BCUT2D eigenvalue weighted by Gasteiger charge is -2.03. The van der Waals surface area contributed by atoms with Crippen LogP contribution < -0.4 is 5.73 Å². The van der Waals surface area contributed by atoms with Gasteiger partial charge in [0.1, 0.15) is 0 Å². The maximum atomic E-state index is 5.77. The highest BCUT2D eigenvalue weighted by Gasteiger charge is 2.09. The van der Waals surface area contributed by atoms with Crippen molar-refractivity contribution in [2.75, 3.05) is 5.73 Å². The van der Waals surface area contributed by atoms with Gasteiger partial charge in [-0.1, -0.05) is 12.1 Å². The molecular formula is C13H17N3. The molecule has 1 aromatic heterocycles. The first-order chi connectivity index (χ1) is 7.58. The Balaban J connectivity index is 2.34. The van der Waals surface area contributed by atoms with E-state index in [4.69, 9.17) is 5.73 Å². The van der Waals surface area contributed by atoms with E-state index >= 15 is 0 Å². The maximum Gasteiger partial charge on any atom is 0.0631 e. The fourth-order valence-corrected chi connectivity index (χ4v) is 1.98. The van der Waals surface area contributed by atoms with Crippen molar-refractivity contribution in [1.29, 1.82) is 0 Å². The van der Waals surface area contributed by atoms with E-state index in [2.05, 4.69) is 25.0 Å². The van der Waals surface area contributed by atoms with Gasteiger partial charge >= 0.3 is 0 Å². The molecule has 1 heterocycles. The second kappa shape index (κ2) is 4.00. The van der Waals surface area contributed by atoms with Crippen molar-refractivity contribution in [3.05, 3.63) is 46.8 Å². The van der Waals surface area contributed by atoms with Crippen molar-refractivity contribution in [3.8, 4) is 0 Å². The molecule has 0 amide bonds. The van der Waals surface area contributed by atoms with Crippen molar-refractivity contribution in [2.24, 2.45) is 7.05 Å². The second-order valence-corrected chi connectivity index (χ2v) is 4.19. The average Bonchev–Trinajstić information content (AvgIpc) is 2.45. The summed E-state index contributed by atoms with van der Waals surface area (Å²) in [6, 6.07) is 8.02. The number of hydrogen-bond donors (Lipinski definition) is 1. The molecule has 0 radical (unpaired) electrons. The highest BCUT2D eigenvalue weighted by molar-refractivity contribution is 5.43. The Morgan fingerprint density at radius 3 is 2.62 bits per heavy atom. The van der Waals surface area contributed by atoms with E-state index < -0.39 is 0 Å². The number of aromatic nitrogens is 2. The van der Waals surface area contributed by atoms with Crippen LogP contribution >= 0.6 is 0 Å². The molecular weight excluding hydrogens is 198 g/mol. The summed E-state index contributed by atoms with van der Waals surface area (Å²) in [6.45, 7) is 4.15. The standard InChI is InChI=1S/C13H17N3/c1-9-13(10(2)16(3)15-9)8-11-5-4-6-12(14)7-11/h4-7H,8,14H2,1-3H3. The summed E-state index contributed by atoms with van der Waals surface area (Å²) in [5.41, 5.74) is 11.4. The van der Waals surface area contributed by atoms with Crippen molar-refractivity contribution in [3.63, 3.8) is 0 Å². The molecule has 84 valence electrons. The normalized spacial score (nSPS) is 10.7. The van der Waals surface area contributed by atoms with E-state index in [-0.39, 0.29) is 0 Å². The van der Waals surface area contributed by atoms with Gasteiger partial charge in [0.05, 0.1) is 5.69 Å². The van der Waals surface area contributed by atoms with Crippen molar-refractivity contribution in [1.82, 2.24) is 9.78 Å². The number of nitrogen functional groups attached to an aromatic ring is 1. The topological polar surface area (TPSA) is 43.8 Å². The zero-order valence-corrected chi connectivity index (χ0v) is 9.99. The van der Waals surface area contributed by atoms with E-state index in [1.165, 1.54) is 16.8 Å². The van der Waals surface area contributed by atoms with Crippen LogP contribution in [0.25, 0.3) is 0 Å². The molecule has 2 aromatic rings. The molecule has 0 spiro atoms. The van der Waals surface area contributed by atoms with Crippen LogP contribution in [-0.2, 0) is 13.5 Å². The molecule has 0 bridgehead atoms. The highest BCUT2D eigenvalue weighted by Crippen LogP contribution is 2.18. The zero-order chi connectivity index (χ0) is 11.7. The maximum absolute atomic E-state index is 5.77. The molecule has 0 saturated heterocycles. The third kappa shape index (κ3) is 1.94. The predicted octanol–water partition coefficient (Wildman–Crippen LogP) is 2.21. The molecule has 0 saturated carbocycles. The molecule has 3 heteroatoms. The van der Waals surface area contributed by atoms with E-state index in [1.54, 1.807) is 0 Å². The van der Waals surface area contributed by atoms with E-state index in [0.717, 1.165) is 17.8 Å². The first-order valence-corrected chi connectivity index (χ1v) is 5.41. The predicted molar refractivity (Wildman–Crippen MR) is 66.3 cm³/mol.